The summed E-state index contributed by atoms with van der Waals surface area (Å²) in [5.41, 5.74) is -1.52. The van der Waals surface area contributed by atoms with Crippen molar-refractivity contribution in [1.29, 1.82) is 0 Å². The van der Waals surface area contributed by atoms with Crippen molar-refractivity contribution in [1.82, 2.24) is 15.6 Å². The minimum absolute atomic E-state index is 0.0469. The molecule has 13 heteroatoms. The number of benzene rings is 2. The van der Waals surface area contributed by atoms with E-state index < -0.39 is 56.7 Å². The molecule has 2 aromatic rings. The first-order valence-corrected chi connectivity index (χ1v) is 14.8. The molecule has 1 heterocycles. The van der Waals surface area contributed by atoms with Crippen LogP contribution in [0.3, 0.4) is 0 Å². The molecule has 1 aliphatic rings. The summed E-state index contributed by atoms with van der Waals surface area (Å²) in [4.78, 5) is 40.2. The highest BCUT2D eigenvalue weighted by Crippen LogP contribution is 2.43. The number of aliphatic hydroxyl groups excluding tert-OH is 1. The molecule has 8 nitrogen and oxygen atoms in total. The van der Waals surface area contributed by atoms with Gasteiger partial charge in [0.25, 0.3) is 0 Å². The van der Waals surface area contributed by atoms with Crippen LogP contribution in [-0.2, 0) is 20.2 Å². The summed E-state index contributed by atoms with van der Waals surface area (Å²) >= 11 is 5.90. The van der Waals surface area contributed by atoms with Gasteiger partial charge in [-0.05, 0) is 43.5 Å². The van der Waals surface area contributed by atoms with E-state index in [2.05, 4.69) is 15.6 Å². The molecule has 2 aromatic carbocycles. The van der Waals surface area contributed by atoms with Crippen LogP contribution in [0.4, 0.5) is 18.0 Å². The Hall–Kier alpha value is -3.09. The van der Waals surface area contributed by atoms with Crippen molar-refractivity contribution in [2.75, 3.05) is 13.2 Å². The van der Waals surface area contributed by atoms with Crippen molar-refractivity contribution in [2.24, 2.45) is 5.92 Å². The van der Waals surface area contributed by atoms with Crippen molar-refractivity contribution < 1.29 is 37.4 Å². The van der Waals surface area contributed by atoms with Gasteiger partial charge >= 0.3 is 12.0 Å². The number of aliphatic hydroxyl groups is 1. The number of hydrogen-bond donors (Lipinski definition) is 4. The van der Waals surface area contributed by atoms with Crippen LogP contribution in [0.2, 0.25) is 10.6 Å². The maximum Gasteiger partial charge on any atom is 0.399 e. The largest absolute Gasteiger partial charge is 0.435 e. The smallest absolute Gasteiger partial charge is 0.399 e. The van der Waals surface area contributed by atoms with E-state index in [4.69, 9.17) is 16.3 Å². The summed E-state index contributed by atoms with van der Waals surface area (Å²) in [6.07, 6.45) is -0.745. The first-order valence-electron chi connectivity index (χ1n) is 13.4. The van der Waals surface area contributed by atoms with Crippen LogP contribution in [0.1, 0.15) is 56.3 Å². The minimum atomic E-state index is -3.78. The molecule has 1 fully saturated rings. The summed E-state index contributed by atoms with van der Waals surface area (Å²) in [5.74, 6) is -5.46. The van der Waals surface area contributed by atoms with Crippen molar-refractivity contribution in [3.63, 3.8) is 0 Å². The van der Waals surface area contributed by atoms with Crippen LogP contribution < -0.4 is 15.6 Å². The topological polar surface area (TPSA) is 117 Å². The van der Waals surface area contributed by atoms with Gasteiger partial charge in [0.15, 0.2) is 15.8 Å². The molecule has 1 saturated heterocycles. The first-order chi connectivity index (χ1) is 19.5. The van der Waals surface area contributed by atoms with Crippen molar-refractivity contribution in [3.8, 4) is 0 Å². The van der Waals surface area contributed by atoms with E-state index in [-0.39, 0.29) is 35.4 Å². The summed E-state index contributed by atoms with van der Waals surface area (Å²) < 4.78 is 50.4. The Balaban J connectivity index is 1.71. The van der Waals surface area contributed by atoms with E-state index in [0.717, 1.165) is 30.7 Å². The average molecular weight is 612 g/mol. The Morgan fingerprint density at radius 2 is 2.00 bits per heavy atom. The Morgan fingerprint density at radius 1 is 1.24 bits per heavy atom. The SMILES string of the molecule is CCCC[C@H]([Si]NC(=O)OC(c1cccc(F)c1)C(F)(F)c1cccc(Cl)c1)C(=O)N[C@H](CO)C[C@@H]1CCNC1=O. The van der Waals surface area contributed by atoms with Crippen molar-refractivity contribution in [2.45, 2.75) is 62.6 Å². The highest BCUT2D eigenvalue weighted by atomic mass is 35.5. The van der Waals surface area contributed by atoms with Crippen molar-refractivity contribution in [3.05, 3.63) is 70.5 Å². The molecule has 0 aromatic heterocycles. The third-order valence-electron chi connectivity index (χ3n) is 6.73. The van der Waals surface area contributed by atoms with Gasteiger partial charge in [0, 0.05) is 28.6 Å². The van der Waals surface area contributed by atoms with Crippen molar-refractivity contribution >= 4 is 39.2 Å². The Bertz CT molecular complexity index is 1210. The van der Waals surface area contributed by atoms with Gasteiger partial charge in [0.05, 0.1) is 18.2 Å². The fourth-order valence-corrected chi connectivity index (χ4v) is 5.63. The summed E-state index contributed by atoms with van der Waals surface area (Å²) in [7, 11) is -0.536. The van der Waals surface area contributed by atoms with Crippen LogP contribution >= 0.6 is 11.6 Å². The molecule has 0 spiro atoms. The third kappa shape index (κ3) is 9.20. The van der Waals surface area contributed by atoms with Gasteiger partial charge in [-0.2, -0.15) is 8.78 Å². The predicted molar refractivity (Wildman–Crippen MR) is 148 cm³/mol. The lowest BCUT2D eigenvalue weighted by atomic mass is 9.97. The normalized spacial score (nSPS) is 17.3. The molecule has 1 aliphatic heterocycles. The second-order valence-corrected chi connectivity index (χ2v) is 11.5. The molecule has 0 saturated carbocycles. The van der Waals surface area contributed by atoms with Gasteiger partial charge in [-0.15, -0.1) is 0 Å². The highest BCUT2D eigenvalue weighted by molar-refractivity contribution is 6.44. The highest BCUT2D eigenvalue weighted by Gasteiger charge is 2.46. The molecule has 4 atom stereocenters. The zero-order valence-electron chi connectivity index (χ0n) is 22.5. The standard InChI is InChI=1S/C28H33ClF3N3O5Si/c1-2-3-10-23(26(38)34-22(16-36)14-18-11-12-33-25(18)37)41-35-27(39)40-24(17-6-4-9-21(30)13-17)28(31,32)19-7-5-8-20(29)15-19/h4-9,13,15,18,22-24,36H,2-3,10-12,14,16H2,1H3,(H,33,37)(H,34,38)(H,35,39)/t18-,22-,23-,24?/m0/s1. The molecule has 4 N–H and O–H groups in total. The van der Waals surface area contributed by atoms with Gasteiger partial charge in [-0.3, -0.25) is 9.59 Å². The Morgan fingerprint density at radius 3 is 2.63 bits per heavy atom. The number of alkyl halides is 2. The average Bonchev–Trinajstić information content (AvgIpc) is 3.35. The number of nitrogens with one attached hydrogen (secondary N) is 3. The number of halogens is 4. The second-order valence-electron chi connectivity index (χ2n) is 9.84. The number of carbonyl (C=O) groups excluding carboxylic acids is 3. The minimum Gasteiger partial charge on any atom is -0.435 e. The van der Waals surface area contributed by atoms with Crippen LogP contribution in [0.25, 0.3) is 0 Å². The lowest BCUT2D eigenvalue weighted by molar-refractivity contribution is -0.125. The zero-order valence-corrected chi connectivity index (χ0v) is 24.2. The number of ether oxygens (including phenoxy) is 1. The van der Waals surface area contributed by atoms with E-state index in [1.165, 1.54) is 24.3 Å². The van der Waals surface area contributed by atoms with E-state index >= 15 is 8.78 Å². The summed E-state index contributed by atoms with van der Waals surface area (Å²) in [6, 6.07) is 8.62. The number of carbonyl (C=O) groups is 3. The van der Waals surface area contributed by atoms with E-state index in [1.807, 2.05) is 6.92 Å². The summed E-state index contributed by atoms with van der Waals surface area (Å²) in [6.45, 7) is 2.09. The molecule has 41 heavy (non-hydrogen) atoms. The van der Waals surface area contributed by atoms with Gasteiger partial charge in [-0.25, -0.2) is 9.18 Å². The quantitative estimate of drug-likeness (QED) is 0.232. The molecule has 2 radical (unpaired) electrons. The zero-order chi connectivity index (χ0) is 30.0. The fraction of sp³-hybridized carbons (Fsp3) is 0.464. The van der Waals surface area contributed by atoms with Gasteiger partial charge in [-0.1, -0.05) is 55.6 Å². The van der Waals surface area contributed by atoms with Gasteiger partial charge < -0.3 is 25.5 Å². The van der Waals surface area contributed by atoms with E-state index in [9.17, 15) is 23.9 Å². The van der Waals surface area contributed by atoms with Crippen LogP contribution in [-0.4, -0.2) is 51.9 Å². The van der Waals surface area contributed by atoms with Crippen LogP contribution in [0.15, 0.2) is 48.5 Å². The Labute approximate surface area is 244 Å². The monoisotopic (exact) mass is 611 g/mol. The molecule has 222 valence electrons. The second kappa shape index (κ2) is 15.2. The van der Waals surface area contributed by atoms with E-state index in [1.54, 1.807) is 0 Å². The van der Waals surface area contributed by atoms with Gasteiger partial charge in [0.2, 0.25) is 11.8 Å². The number of amides is 3. The van der Waals surface area contributed by atoms with Crippen LogP contribution in [0.5, 0.6) is 0 Å². The predicted octanol–water partition coefficient (Wildman–Crippen LogP) is 4.64. The molecule has 1 unspecified atom stereocenters. The number of rotatable bonds is 14. The molecular formula is C28H33ClF3N3O5Si. The summed E-state index contributed by atoms with van der Waals surface area (Å²) in [5, 5.41) is 15.3. The van der Waals surface area contributed by atoms with Gasteiger partial charge in [0.1, 0.15) is 5.82 Å². The first kappa shape index (κ1) is 32.4. The van der Waals surface area contributed by atoms with E-state index in [0.29, 0.717) is 25.8 Å². The lowest BCUT2D eigenvalue weighted by Crippen LogP contribution is -2.45. The molecule has 0 aliphatic carbocycles. The molecule has 3 rings (SSSR count). The maximum atomic E-state index is 15.6. The third-order valence-corrected chi connectivity index (χ3v) is 8.21. The maximum absolute atomic E-state index is 15.6. The number of unbranched alkanes of at least 4 members (excludes halogenated alkanes) is 1. The number of hydrogen-bond acceptors (Lipinski definition) is 5. The van der Waals surface area contributed by atoms with Crippen LogP contribution in [0, 0.1) is 11.7 Å². The molecule has 3 amide bonds. The fourth-order valence-electron chi connectivity index (χ4n) is 4.52. The molecule has 0 bridgehead atoms. The lowest BCUT2D eigenvalue weighted by Gasteiger charge is -2.28. The molecular weight excluding hydrogens is 579 g/mol. The Kier molecular flexibility index (Phi) is 12.0.